The zero-order valence-electron chi connectivity index (χ0n) is 11.4. The maximum atomic E-state index is 12.1. The largest absolute Gasteiger partial charge is 0.444 e. The normalized spacial score (nSPS) is 32.4. The Kier molecular flexibility index (Phi) is 3.34. The van der Waals surface area contributed by atoms with Crippen molar-refractivity contribution in [3.05, 3.63) is 0 Å². The molecule has 2 saturated heterocycles. The van der Waals surface area contributed by atoms with Crippen molar-refractivity contribution in [1.29, 1.82) is 0 Å². The molecule has 17 heavy (non-hydrogen) atoms. The highest BCUT2D eigenvalue weighted by molar-refractivity contribution is 5.68. The van der Waals surface area contributed by atoms with Crippen LogP contribution in [0.2, 0.25) is 0 Å². The molecule has 0 aliphatic carbocycles. The van der Waals surface area contributed by atoms with Crippen LogP contribution in [0.4, 0.5) is 4.79 Å². The first-order valence-corrected chi connectivity index (χ1v) is 6.58. The first kappa shape index (κ1) is 12.7. The third-order valence-electron chi connectivity index (χ3n) is 3.68. The van der Waals surface area contributed by atoms with E-state index in [4.69, 9.17) is 4.74 Å². The van der Waals surface area contributed by atoms with Crippen molar-refractivity contribution in [2.75, 3.05) is 20.1 Å². The molecule has 1 amide bonds. The number of carbonyl (C=O) groups excluding carboxylic acids is 1. The maximum absolute atomic E-state index is 12.1. The number of piperidine rings is 1. The van der Waals surface area contributed by atoms with E-state index in [-0.39, 0.29) is 12.3 Å². The molecule has 2 aliphatic heterocycles. The van der Waals surface area contributed by atoms with E-state index in [1.165, 1.54) is 19.3 Å². The van der Waals surface area contributed by atoms with Crippen LogP contribution in [-0.2, 0) is 4.74 Å². The fourth-order valence-electron chi connectivity index (χ4n) is 3.01. The van der Waals surface area contributed by atoms with E-state index in [0.717, 1.165) is 13.1 Å². The molecule has 2 fully saturated rings. The summed E-state index contributed by atoms with van der Waals surface area (Å²) in [6.45, 7) is 7.98. The van der Waals surface area contributed by atoms with E-state index in [2.05, 4.69) is 4.90 Å². The number of amides is 1. The summed E-state index contributed by atoms with van der Waals surface area (Å²) in [7, 11) is 1.87. The van der Waals surface area contributed by atoms with E-state index < -0.39 is 5.60 Å². The lowest BCUT2D eigenvalue weighted by Gasteiger charge is -2.39. The minimum atomic E-state index is -0.408. The monoisotopic (exact) mass is 240 g/mol. The number of carbonyl (C=O) groups is 1. The maximum Gasteiger partial charge on any atom is 0.411 e. The molecule has 0 aromatic heterocycles. The van der Waals surface area contributed by atoms with Crippen LogP contribution < -0.4 is 0 Å². The van der Waals surface area contributed by atoms with Gasteiger partial charge in [-0.3, -0.25) is 9.80 Å². The van der Waals surface area contributed by atoms with Gasteiger partial charge >= 0.3 is 6.09 Å². The van der Waals surface area contributed by atoms with Crippen LogP contribution in [0.15, 0.2) is 0 Å². The topological polar surface area (TPSA) is 32.8 Å². The molecule has 4 nitrogen and oxygen atoms in total. The van der Waals surface area contributed by atoms with Gasteiger partial charge in [-0.25, -0.2) is 4.79 Å². The Bertz CT molecular complexity index is 282. The van der Waals surface area contributed by atoms with E-state index in [0.29, 0.717) is 5.92 Å². The molecule has 2 rings (SSSR count). The number of hydrogen-bond donors (Lipinski definition) is 0. The third kappa shape index (κ3) is 2.73. The first-order valence-electron chi connectivity index (χ1n) is 6.58. The van der Waals surface area contributed by atoms with Gasteiger partial charge in [-0.05, 0) is 46.0 Å². The highest BCUT2D eigenvalue weighted by Gasteiger charge is 2.41. The SMILES string of the molecule is CN(C(=O)OC(C)(C)C)C1C2CCCN1CC2. The van der Waals surface area contributed by atoms with Crippen LogP contribution in [-0.4, -0.2) is 47.8 Å². The summed E-state index contributed by atoms with van der Waals surface area (Å²) in [4.78, 5) is 16.3. The summed E-state index contributed by atoms with van der Waals surface area (Å²) >= 11 is 0. The van der Waals surface area contributed by atoms with Gasteiger partial charge in [-0.1, -0.05) is 0 Å². The molecule has 98 valence electrons. The van der Waals surface area contributed by atoms with Crippen molar-refractivity contribution in [2.24, 2.45) is 5.92 Å². The molecule has 4 heteroatoms. The second-order valence-corrected chi connectivity index (χ2v) is 6.23. The number of hydrogen-bond acceptors (Lipinski definition) is 3. The van der Waals surface area contributed by atoms with Crippen molar-refractivity contribution in [3.63, 3.8) is 0 Å². The Balaban J connectivity index is 2.00. The Morgan fingerprint density at radius 1 is 1.29 bits per heavy atom. The smallest absolute Gasteiger partial charge is 0.411 e. The molecule has 0 aromatic rings. The Morgan fingerprint density at radius 2 is 2.00 bits per heavy atom. The quantitative estimate of drug-likeness (QED) is 0.705. The van der Waals surface area contributed by atoms with E-state index in [1.54, 1.807) is 4.90 Å². The number of nitrogens with zero attached hydrogens (tertiary/aromatic N) is 2. The van der Waals surface area contributed by atoms with Gasteiger partial charge in [0.15, 0.2) is 0 Å². The predicted molar refractivity (Wildman–Crippen MR) is 66.7 cm³/mol. The van der Waals surface area contributed by atoms with Crippen molar-refractivity contribution in [1.82, 2.24) is 9.80 Å². The molecule has 3 unspecified atom stereocenters. The highest BCUT2D eigenvalue weighted by atomic mass is 16.6. The van der Waals surface area contributed by atoms with E-state index >= 15 is 0 Å². The van der Waals surface area contributed by atoms with Crippen LogP contribution in [0, 0.1) is 5.92 Å². The molecule has 2 aliphatic rings. The fraction of sp³-hybridized carbons (Fsp3) is 0.923. The summed E-state index contributed by atoms with van der Waals surface area (Å²) in [5.74, 6) is 0.640. The molecule has 3 atom stereocenters. The van der Waals surface area contributed by atoms with Gasteiger partial charge in [0.2, 0.25) is 0 Å². The lowest BCUT2D eigenvalue weighted by Crippen LogP contribution is -2.52. The van der Waals surface area contributed by atoms with Gasteiger partial charge in [0.05, 0.1) is 6.17 Å². The van der Waals surface area contributed by atoms with Gasteiger partial charge < -0.3 is 4.74 Å². The number of fused-ring (bicyclic) bond motifs is 2. The molecule has 0 saturated carbocycles. The summed E-state index contributed by atoms with van der Waals surface area (Å²) in [5, 5.41) is 0. The molecule has 0 radical (unpaired) electrons. The van der Waals surface area contributed by atoms with Gasteiger partial charge in [0.1, 0.15) is 5.60 Å². The summed E-state index contributed by atoms with van der Waals surface area (Å²) in [6, 6.07) is 0. The first-order chi connectivity index (χ1) is 7.88. The molecular weight excluding hydrogens is 216 g/mol. The average molecular weight is 240 g/mol. The highest BCUT2D eigenvalue weighted by Crippen LogP contribution is 2.34. The molecule has 0 N–H and O–H groups in total. The second-order valence-electron chi connectivity index (χ2n) is 6.23. The van der Waals surface area contributed by atoms with Crippen LogP contribution in [0.25, 0.3) is 0 Å². The minimum Gasteiger partial charge on any atom is -0.444 e. The fourth-order valence-corrected chi connectivity index (χ4v) is 3.01. The average Bonchev–Trinajstić information content (AvgIpc) is 2.44. The molecular formula is C13H24N2O2. The van der Waals surface area contributed by atoms with Crippen LogP contribution in [0.1, 0.15) is 40.0 Å². The number of ether oxygens (including phenoxy) is 1. The van der Waals surface area contributed by atoms with Crippen LogP contribution in [0.5, 0.6) is 0 Å². The summed E-state index contributed by atoms with van der Waals surface area (Å²) < 4.78 is 5.44. The van der Waals surface area contributed by atoms with E-state index in [9.17, 15) is 4.79 Å². The van der Waals surface area contributed by atoms with Crippen LogP contribution >= 0.6 is 0 Å². The lowest BCUT2D eigenvalue weighted by atomic mass is 9.96. The molecule has 2 heterocycles. The molecule has 0 spiro atoms. The van der Waals surface area contributed by atoms with Gasteiger partial charge in [0.25, 0.3) is 0 Å². The van der Waals surface area contributed by atoms with Crippen molar-refractivity contribution in [2.45, 2.75) is 51.8 Å². The number of rotatable bonds is 1. The van der Waals surface area contributed by atoms with Gasteiger partial charge in [-0.2, -0.15) is 0 Å². The second kappa shape index (κ2) is 4.48. The van der Waals surface area contributed by atoms with Crippen molar-refractivity contribution in [3.8, 4) is 0 Å². The molecule has 2 bridgehead atoms. The Hall–Kier alpha value is -0.770. The van der Waals surface area contributed by atoms with Gasteiger partial charge in [-0.15, -0.1) is 0 Å². The standard InChI is InChI=1S/C13H24N2O2/c1-13(2,3)17-12(16)14(4)11-10-6-5-8-15(11)9-7-10/h10-11H,5-9H2,1-4H3. The van der Waals surface area contributed by atoms with E-state index in [1.807, 2.05) is 27.8 Å². The molecule has 0 aromatic carbocycles. The Morgan fingerprint density at radius 3 is 2.59 bits per heavy atom. The van der Waals surface area contributed by atoms with Crippen molar-refractivity contribution < 1.29 is 9.53 Å². The van der Waals surface area contributed by atoms with Crippen LogP contribution in [0.3, 0.4) is 0 Å². The zero-order chi connectivity index (χ0) is 12.6. The minimum absolute atomic E-state index is 0.193. The van der Waals surface area contributed by atoms with Crippen molar-refractivity contribution >= 4 is 6.09 Å². The Labute approximate surface area is 104 Å². The van der Waals surface area contributed by atoms with Gasteiger partial charge in [0, 0.05) is 20.1 Å². The summed E-state index contributed by atoms with van der Waals surface area (Å²) in [5.41, 5.74) is -0.408. The predicted octanol–water partition coefficient (Wildman–Crippen LogP) is 2.30. The summed E-state index contributed by atoms with van der Waals surface area (Å²) in [6.07, 6.45) is 3.80. The lowest BCUT2D eigenvalue weighted by molar-refractivity contribution is -0.0108. The zero-order valence-corrected chi connectivity index (χ0v) is 11.4. The third-order valence-corrected chi connectivity index (χ3v) is 3.68.